The number of carbonyl (C=O) groups excluding carboxylic acids is 1. The largest absolute Gasteiger partial charge is 0.462 e. The minimum atomic E-state index is -7.23. The SMILES string of the molecule is CCC(C)(C)OC(=O)[C@@](F)(OC(F)(F)C(F)(F)C(F)(F)F)C(F)(F)F. The van der Waals surface area contributed by atoms with Crippen molar-refractivity contribution in [3.8, 4) is 0 Å². The number of halogens is 11. The Morgan fingerprint density at radius 3 is 1.48 bits per heavy atom. The number of rotatable bonds is 6. The Morgan fingerprint density at radius 1 is 0.800 bits per heavy atom. The Hall–Kier alpha value is -1.34. The van der Waals surface area contributed by atoms with Crippen molar-refractivity contribution in [1.82, 2.24) is 0 Å². The van der Waals surface area contributed by atoms with Gasteiger partial charge < -0.3 is 4.74 Å². The van der Waals surface area contributed by atoms with Gasteiger partial charge in [0, 0.05) is 0 Å². The van der Waals surface area contributed by atoms with E-state index in [2.05, 4.69) is 9.47 Å². The second kappa shape index (κ2) is 6.43. The normalized spacial score (nSPS) is 17.2. The summed E-state index contributed by atoms with van der Waals surface area (Å²) in [6.45, 7) is 2.99. The molecule has 0 N–H and O–H groups in total. The molecule has 0 saturated heterocycles. The third-order valence-electron chi connectivity index (χ3n) is 2.84. The van der Waals surface area contributed by atoms with Crippen molar-refractivity contribution in [1.29, 1.82) is 0 Å². The summed E-state index contributed by atoms with van der Waals surface area (Å²) in [6, 6.07) is 0. The number of hydrogen-bond donors (Lipinski definition) is 0. The highest BCUT2D eigenvalue weighted by Gasteiger charge is 2.80. The highest BCUT2D eigenvalue weighted by atomic mass is 19.4. The molecule has 14 heteroatoms. The lowest BCUT2D eigenvalue weighted by Gasteiger charge is -2.35. The maximum absolute atomic E-state index is 13.8. The molecular weight excluding hydrogens is 389 g/mol. The van der Waals surface area contributed by atoms with Gasteiger partial charge in [0.05, 0.1) is 0 Å². The van der Waals surface area contributed by atoms with E-state index >= 15 is 0 Å². The van der Waals surface area contributed by atoms with Crippen LogP contribution in [0.15, 0.2) is 0 Å². The number of alkyl halides is 11. The molecule has 0 aromatic carbocycles. The summed E-state index contributed by atoms with van der Waals surface area (Å²) < 4.78 is 144. The van der Waals surface area contributed by atoms with Crippen molar-refractivity contribution in [3.05, 3.63) is 0 Å². The molecule has 0 heterocycles. The summed E-state index contributed by atoms with van der Waals surface area (Å²) in [5.41, 5.74) is -1.90. The van der Waals surface area contributed by atoms with Crippen LogP contribution in [0.3, 0.4) is 0 Å². The third-order valence-corrected chi connectivity index (χ3v) is 2.84. The topological polar surface area (TPSA) is 35.5 Å². The lowest BCUT2D eigenvalue weighted by Crippen LogP contribution is -2.62. The van der Waals surface area contributed by atoms with E-state index in [4.69, 9.17) is 0 Å². The molecule has 0 aromatic rings. The van der Waals surface area contributed by atoms with Crippen LogP contribution < -0.4 is 0 Å². The molecule has 0 bridgehead atoms. The van der Waals surface area contributed by atoms with Crippen LogP contribution in [-0.4, -0.2) is 41.8 Å². The van der Waals surface area contributed by atoms with Gasteiger partial charge in [0.25, 0.3) is 0 Å². The first-order valence-corrected chi connectivity index (χ1v) is 6.16. The number of ether oxygens (including phenoxy) is 2. The van der Waals surface area contributed by atoms with Crippen LogP contribution in [0.5, 0.6) is 0 Å². The van der Waals surface area contributed by atoms with Crippen molar-refractivity contribution >= 4 is 5.97 Å². The number of carbonyl (C=O) groups is 1. The highest BCUT2D eigenvalue weighted by molar-refractivity contribution is 5.79. The Bertz CT molecular complexity index is 494. The molecular formula is C11H11F11O3. The minimum Gasteiger partial charge on any atom is -0.455 e. The van der Waals surface area contributed by atoms with E-state index in [9.17, 15) is 53.1 Å². The van der Waals surface area contributed by atoms with Gasteiger partial charge in [-0.25, -0.2) is 4.79 Å². The van der Waals surface area contributed by atoms with Crippen molar-refractivity contribution in [3.63, 3.8) is 0 Å². The first-order valence-electron chi connectivity index (χ1n) is 6.16. The van der Waals surface area contributed by atoms with E-state index in [-0.39, 0.29) is 6.42 Å². The summed E-state index contributed by atoms with van der Waals surface area (Å²) in [6.07, 6.45) is -21.2. The van der Waals surface area contributed by atoms with Crippen LogP contribution in [0.2, 0.25) is 0 Å². The fourth-order valence-corrected chi connectivity index (χ4v) is 1.01. The van der Waals surface area contributed by atoms with Crippen LogP contribution in [0.1, 0.15) is 27.2 Å². The summed E-state index contributed by atoms with van der Waals surface area (Å²) in [5, 5.41) is 0. The average molecular weight is 400 g/mol. The molecule has 0 aromatic heterocycles. The van der Waals surface area contributed by atoms with Gasteiger partial charge in [-0.1, -0.05) is 6.92 Å². The van der Waals surface area contributed by atoms with Crippen molar-refractivity contribution in [2.45, 2.75) is 63.0 Å². The van der Waals surface area contributed by atoms with Crippen LogP contribution in [0, 0.1) is 0 Å². The van der Waals surface area contributed by atoms with Crippen LogP contribution >= 0.6 is 0 Å². The zero-order chi connectivity index (χ0) is 20.7. The number of esters is 1. The van der Waals surface area contributed by atoms with E-state index in [1.807, 2.05) is 0 Å². The van der Waals surface area contributed by atoms with E-state index in [0.29, 0.717) is 0 Å². The molecule has 0 aliphatic rings. The summed E-state index contributed by atoms with van der Waals surface area (Å²) in [5.74, 6) is -16.8. The van der Waals surface area contributed by atoms with Gasteiger partial charge >= 0.3 is 36.2 Å². The van der Waals surface area contributed by atoms with Crippen LogP contribution in [0.25, 0.3) is 0 Å². The molecule has 0 fully saturated rings. The fraction of sp³-hybridized carbons (Fsp3) is 0.909. The molecule has 1 atom stereocenters. The van der Waals surface area contributed by atoms with Gasteiger partial charge in [0.2, 0.25) is 0 Å². The Kier molecular flexibility index (Phi) is 6.09. The van der Waals surface area contributed by atoms with Gasteiger partial charge in [-0.05, 0) is 20.3 Å². The van der Waals surface area contributed by atoms with Gasteiger partial charge in [-0.15, -0.1) is 0 Å². The van der Waals surface area contributed by atoms with Gasteiger partial charge in [0.1, 0.15) is 5.60 Å². The van der Waals surface area contributed by atoms with E-state index in [1.165, 1.54) is 6.92 Å². The molecule has 0 spiro atoms. The molecule has 3 nitrogen and oxygen atoms in total. The standard InChI is InChI=1S/C11H11F11O3/c1-4-6(2,3)24-5(23)7(12,9(15,16)17)25-11(21,22)8(13,14)10(18,19)20/h4H2,1-3H3/t7-/m1/s1. The second-order valence-corrected chi connectivity index (χ2v) is 5.29. The predicted molar refractivity (Wildman–Crippen MR) is 57.4 cm³/mol. The third kappa shape index (κ3) is 4.64. The quantitative estimate of drug-likeness (QED) is 0.477. The molecule has 0 aliphatic carbocycles. The van der Waals surface area contributed by atoms with Crippen LogP contribution in [0.4, 0.5) is 48.3 Å². The predicted octanol–water partition coefficient (Wildman–Crippen LogP) is 4.75. The minimum absolute atomic E-state index is 0.290. The van der Waals surface area contributed by atoms with Crippen molar-refractivity contribution < 1.29 is 62.6 Å². The van der Waals surface area contributed by atoms with Gasteiger partial charge in [0.15, 0.2) is 0 Å². The maximum Gasteiger partial charge on any atom is 0.462 e. The lowest BCUT2D eigenvalue weighted by molar-refractivity contribution is -0.475. The zero-order valence-electron chi connectivity index (χ0n) is 12.6. The molecule has 25 heavy (non-hydrogen) atoms. The summed E-state index contributed by atoms with van der Waals surface area (Å²) in [7, 11) is 0. The Labute approximate surface area is 133 Å². The second-order valence-electron chi connectivity index (χ2n) is 5.29. The molecule has 150 valence electrons. The zero-order valence-corrected chi connectivity index (χ0v) is 12.6. The smallest absolute Gasteiger partial charge is 0.455 e. The Balaban J connectivity index is 5.98. The maximum atomic E-state index is 13.8. The van der Waals surface area contributed by atoms with E-state index in [0.717, 1.165) is 13.8 Å². The average Bonchev–Trinajstić information content (AvgIpc) is 2.34. The van der Waals surface area contributed by atoms with E-state index < -0.39 is 41.8 Å². The first-order chi connectivity index (χ1) is 10.6. The fourth-order valence-electron chi connectivity index (χ4n) is 1.01. The molecule has 0 aliphatic heterocycles. The van der Waals surface area contributed by atoms with Crippen molar-refractivity contribution in [2.24, 2.45) is 0 Å². The van der Waals surface area contributed by atoms with Gasteiger partial charge in [-0.2, -0.15) is 48.3 Å². The molecule has 0 unspecified atom stereocenters. The monoisotopic (exact) mass is 400 g/mol. The molecule has 0 radical (unpaired) electrons. The molecule has 0 rings (SSSR count). The van der Waals surface area contributed by atoms with Crippen molar-refractivity contribution in [2.75, 3.05) is 0 Å². The van der Waals surface area contributed by atoms with Gasteiger partial charge in [-0.3, -0.25) is 4.74 Å². The summed E-state index contributed by atoms with van der Waals surface area (Å²) in [4.78, 5) is 11.2. The van der Waals surface area contributed by atoms with Crippen LogP contribution in [-0.2, 0) is 14.3 Å². The Morgan fingerprint density at radius 2 is 1.20 bits per heavy atom. The summed E-state index contributed by atoms with van der Waals surface area (Å²) >= 11 is 0. The number of hydrogen-bond acceptors (Lipinski definition) is 3. The van der Waals surface area contributed by atoms with E-state index in [1.54, 1.807) is 0 Å². The molecule has 0 amide bonds. The highest BCUT2D eigenvalue weighted by Crippen LogP contribution is 2.51. The lowest BCUT2D eigenvalue weighted by atomic mass is 10.1. The molecule has 0 saturated carbocycles. The first kappa shape index (κ1) is 23.7.